The number of hydrogen-bond donors (Lipinski definition) is 3. The monoisotopic (exact) mass is 377 g/mol. The van der Waals surface area contributed by atoms with Crippen molar-refractivity contribution in [2.45, 2.75) is 13.8 Å². The Morgan fingerprint density at radius 2 is 1.54 bits per heavy atom. The molecule has 2 aromatic carbocycles. The zero-order valence-corrected chi connectivity index (χ0v) is 15.6. The van der Waals surface area contributed by atoms with Crippen molar-refractivity contribution in [3.63, 3.8) is 0 Å². The van der Waals surface area contributed by atoms with E-state index in [0.717, 1.165) is 5.75 Å². The van der Waals surface area contributed by atoms with E-state index >= 15 is 0 Å². The third-order valence-corrected chi connectivity index (χ3v) is 3.64. The molecule has 0 aromatic heterocycles. The predicted molar refractivity (Wildman–Crippen MR) is 106 cm³/mol. The molecule has 2 aromatic rings. The number of halogens is 1. The third-order valence-electron chi connectivity index (χ3n) is 3.64. The molecule has 0 aliphatic carbocycles. The zero-order chi connectivity index (χ0) is 18.2. The first kappa shape index (κ1) is 21.5. The molecule has 7 heteroatoms. The summed E-state index contributed by atoms with van der Waals surface area (Å²) >= 11 is 0. The second-order valence-corrected chi connectivity index (χ2v) is 5.61. The minimum Gasteiger partial charge on any atom is -0.494 e. The molecular weight excluding hydrogens is 354 g/mol. The number of anilines is 2. The summed E-state index contributed by atoms with van der Waals surface area (Å²) in [5, 5.41) is 5.58. The van der Waals surface area contributed by atoms with Crippen molar-refractivity contribution in [3.05, 3.63) is 54.1 Å². The quantitative estimate of drug-likeness (QED) is 0.690. The van der Waals surface area contributed by atoms with E-state index in [9.17, 15) is 9.59 Å². The van der Waals surface area contributed by atoms with Gasteiger partial charge in [0, 0.05) is 29.4 Å². The fourth-order valence-electron chi connectivity index (χ4n) is 2.08. The first-order valence-corrected chi connectivity index (χ1v) is 8.18. The summed E-state index contributed by atoms with van der Waals surface area (Å²) in [6.45, 7) is 4.56. The maximum atomic E-state index is 12.3. The minimum atomic E-state index is -0.261. The van der Waals surface area contributed by atoms with Gasteiger partial charge in [-0.15, -0.1) is 12.4 Å². The first-order valence-electron chi connectivity index (χ1n) is 8.18. The van der Waals surface area contributed by atoms with E-state index in [0.29, 0.717) is 23.5 Å². The fourth-order valence-corrected chi connectivity index (χ4v) is 2.08. The number of carbonyl (C=O) groups excluding carboxylic acids is 2. The van der Waals surface area contributed by atoms with E-state index in [1.54, 1.807) is 55.5 Å². The topological polar surface area (TPSA) is 93.5 Å². The van der Waals surface area contributed by atoms with Gasteiger partial charge in [0.25, 0.3) is 5.91 Å². The molecule has 0 aliphatic heterocycles. The molecule has 0 bridgehead atoms. The molecule has 2 rings (SSSR count). The van der Waals surface area contributed by atoms with Crippen molar-refractivity contribution in [2.24, 2.45) is 11.7 Å². The van der Waals surface area contributed by atoms with Gasteiger partial charge >= 0.3 is 0 Å². The van der Waals surface area contributed by atoms with Gasteiger partial charge in [0.05, 0.1) is 6.61 Å². The molecule has 1 atom stereocenters. The standard InChI is InChI=1S/C19H23N3O3.ClH/c1-3-25-17-10-8-16(9-11-17)22-19(24)14-4-6-15(7-5-14)21-18(23)13(2)12-20;/h4-11,13H,3,12,20H2,1-2H3,(H,21,23)(H,22,24);1H. The van der Waals surface area contributed by atoms with Crippen LogP contribution in [0.5, 0.6) is 5.75 Å². The predicted octanol–water partition coefficient (Wildman–Crippen LogP) is 3.29. The van der Waals surface area contributed by atoms with Crippen LogP contribution in [0.3, 0.4) is 0 Å². The molecule has 1 unspecified atom stereocenters. The van der Waals surface area contributed by atoms with Crippen molar-refractivity contribution in [1.82, 2.24) is 0 Å². The van der Waals surface area contributed by atoms with Crippen LogP contribution < -0.4 is 21.1 Å². The second-order valence-electron chi connectivity index (χ2n) is 5.61. The van der Waals surface area contributed by atoms with Crippen LogP contribution in [0.15, 0.2) is 48.5 Å². The van der Waals surface area contributed by atoms with Crippen LogP contribution >= 0.6 is 12.4 Å². The number of hydrogen-bond acceptors (Lipinski definition) is 4. The highest BCUT2D eigenvalue weighted by Crippen LogP contribution is 2.17. The summed E-state index contributed by atoms with van der Waals surface area (Å²) < 4.78 is 5.37. The Morgan fingerprint density at radius 3 is 2.08 bits per heavy atom. The fraction of sp³-hybridized carbons (Fsp3) is 0.263. The Labute approximate surface area is 159 Å². The van der Waals surface area contributed by atoms with E-state index in [4.69, 9.17) is 10.5 Å². The summed E-state index contributed by atoms with van der Waals surface area (Å²) in [6.07, 6.45) is 0. The lowest BCUT2D eigenvalue weighted by atomic mass is 10.1. The normalized spacial score (nSPS) is 11.0. The number of nitrogens with two attached hydrogens (primary N) is 1. The molecule has 0 saturated carbocycles. The molecule has 0 radical (unpaired) electrons. The van der Waals surface area contributed by atoms with Crippen LogP contribution in [-0.2, 0) is 4.79 Å². The van der Waals surface area contributed by atoms with Gasteiger partial charge in [-0.3, -0.25) is 9.59 Å². The second kappa shape index (κ2) is 10.4. The van der Waals surface area contributed by atoms with Gasteiger partial charge in [-0.1, -0.05) is 6.92 Å². The molecule has 4 N–H and O–H groups in total. The molecular formula is C19H24ClN3O3. The molecule has 2 amide bonds. The van der Waals surface area contributed by atoms with Crippen LogP contribution in [0.1, 0.15) is 24.2 Å². The van der Waals surface area contributed by atoms with Gasteiger partial charge in [-0.2, -0.15) is 0 Å². The van der Waals surface area contributed by atoms with Crippen molar-refractivity contribution >= 4 is 35.6 Å². The van der Waals surface area contributed by atoms with Crippen molar-refractivity contribution in [2.75, 3.05) is 23.8 Å². The number of benzene rings is 2. The summed E-state index contributed by atoms with van der Waals surface area (Å²) in [7, 11) is 0. The first-order chi connectivity index (χ1) is 12.0. The summed E-state index contributed by atoms with van der Waals surface area (Å²) in [6, 6.07) is 13.9. The van der Waals surface area contributed by atoms with Crippen LogP contribution in [-0.4, -0.2) is 25.0 Å². The third kappa shape index (κ3) is 6.06. The van der Waals surface area contributed by atoms with E-state index in [1.165, 1.54) is 0 Å². The zero-order valence-electron chi connectivity index (χ0n) is 14.8. The maximum absolute atomic E-state index is 12.3. The van der Waals surface area contributed by atoms with Crippen molar-refractivity contribution in [1.29, 1.82) is 0 Å². The Morgan fingerprint density at radius 1 is 1.00 bits per heavy atom. The molecule has 0 spiro atoms. The number of ether oxygens (including phenoxy) is 1. The summed E-state index contributed by atoms with van der Waals surface area (Å²) in [5.41, 5.74) is 7.28. The lowest BCUT2D eigenvalue weighted by molar-refractivity contribution is -0.119. The lowest BCUT2D eigenvalue weighted by Crippen LogP contribution is -2.26. The van der Waals surface area contributed by atoms with E-state index in [2.05, 4.69) is 10.6 Å². The SMILES string of the molecule is CCOc1ccc(NC(=O)c2ccc(NC(=O)C(C)CN)cc2)cc1.Cl. The Hall–Kier alpha value is -2.57. The summed E-state index contributed by atoms with van der Waals surface area (Å²) in [5.74, 6) is 0.126. The average Bonchev–Trinajstić information content (AvgIpc) is 2.63. The van der Waals surface area contributed by atoms with Crippen molar-refractivity contribution < 1.29 is 14.3 Å². The highest BCUT2D eigenvalue weighted by molar-refractivity contribution is 6.04. The van der Waals surface area contributed by atoms with Crippen LogP contribution in [0.2, 0.25) is 0 Å². The Kier molecular flexibility index (Phi) is 8.61. The van der Waals surface area contributed by atoms with Gasteiger partial charge in [0.2, 0.25) is 5.91 Å². The molecule has 6 nitrogen and oxygen atoms in total. The molecule has 0 saturated heterocycles. The number of amides is 2. The Bertz CT molecular complexity index is 718. The van der Waals surface area contributed by atoms with Crippen LogP contribution in [0.4, 0.5) is 11.4 Å². The van der Waals surface area contributed by atoms with Gasteiger partial charge in [-0.25, -0.2) is 0 Å². The molecule has 26 heavy (non-hydrogen) atoms. The molecule has 0 aliphatic rings. The largest absolute Gasteiger partial charge is 0.494 e. The smallest absolute Gasteiger partial charge is 0.255 e. The van der Waals surface area contributed by atoms with Gasteiger partial charge in [0.15, 0.2) is 0 Å². The van der Waals surface area contributed by atoms with E-state index in [-0.39, 0.29) is 36.7 Å². The van der Waals surface area contributed by atoms with E-state index in [1.807, 2.05) is 6.92 Å². The van der Waals surface area contributed by atoms with Gasteiger partial charge < -0.3 is 21.1 Å². The van der Waals surface area contributed by atoms with Gasteiger partial charge in [-0.05, 0) is 55.5 Å². The average molecular weight is 378 g/mol. The highest BCUT2D eigenvalue weighted by Gasteiger charge is 2.11. The number of nitrogens with one attached hydrogen (secondary N) is 2. The van der Waals surface area contributed by atoms with Crippen LogP contribution in [0.25, 0.3) is 0 Å². The highest BCUT2D eigenvalue weighted by atomic mass is 35.5. The summed E-state index contributed by atoms with van der Waals surface area (Å²) in [4.78, 5) is 24.1. The Balaban J connectivity index is 0.00000338. The number of rotatable bonds is 7. The molecule has 0 fully saturated rings. The molecule has 0 heterocycles. The minimum absolute atomic E-state index is 0. The van der Waals surface area contributed by atoms with Crippen LogP contribution in [0, 0.1) is 5.92 Å². The van der Waals surface area contributed by atoms with E-state index < -0.39 is 0 Å². The maximum Gasteiger partial charge on any atom is 0.255 e. The van der Waals surface area contributed by atoms with Gasteiger partial charge in [0.1, 0.15) is 5.75 Å². The van der Waals surface area contributed by atoms with Crippen molar-refractivity contribution in [3.8, 4) is 5.75 Å². The number of carbonyl (C=O) groups is 2. The lowest BCUT2D eigenvalue weighted by Gasteiger charge is -2.11. The molecule has 140 valence electrons.